The maximum absolute atomic E-state index is 13.5. The summed E-state index contributed by atoms with van der Waals surface area (Å²) in [6.45, 7) is 3.79. The molecule has 0 aromatic heterocycles. The Bertz CT molecular complexity index is 314. The third kappa shape index (κ3) is 2.48. The first-order valence-corrected chi connectivity index (χ1v) is 5.40. The number of hydrogen-bond acceptors (Lipinski definition) is 2. The summed E-state index contributed by atoms with van der Waals surface area (Å²) in [7, 11) is 0. The quantitative estimate of drug-likeness (QED) is 0.806. The second-order valence-corrected chi connectivity index (χ2v) is 3.95. The number of piperidine rings is 1. The zero-order chi connectivity index (χ0) is 10.7. The number of nitrogens with one attached hydrogen (secondary N) is 1. The summed E-state index contributed by atoms with van der Waals surface area (Å²) in [6, 6.07) is 5.03. The molecule has 1 N–H and O–H groups in total. The van der Waals surface area contributed by atoms with Gasteiger partial charge < -0.3 is 10.1 Å². The minimum atomic E-state index is -0.256. The summed E-state index contributed by atoms with van der Waals surface area (Å²) < 4.78 is 19.2. The zero-order valence-electron chi connectivity index (χ0n) is 8.92. The van der Waals surface area contributed by atoms with Crippen molar-refractivity contribution in [1.29, 1.82) is 0 Å². The van der Waals surface area contributed by atoms with E-state index in [1.807, 2.05) is 13.0 Å². The van der Waals surface area contributed by atoms with Gasteiger partial charge in [-0.1, -0.05) is 12.1 Å². The van der Waals surface area contributed by atoms with E-state index in [0.717, 1.165) is 31.5 Å². The summed E-state index contributed by atoms with van der Waals surface area (Å²) in [6.07, 6.45) is 2.06. The van der Waals surface area contributed by atoms with Crippen molar-refractivity contribution in [1.82, 2.24) is 5.32 Å². The lowest BCUT2D eigenvalue weighted by Gasteiger charge is -2.24. The van der Waals surface area contributed by atoms with Gasteiger partial charge in [-0.05, 0) is 44.5 Å². The van der Waals surface area contributed by atoms with Crippen LogP contribution in [0.5, 0.6) is 5.75 Å². The Hall–Kier alpha value is -1.09. The van der Waals surface area contributed by atoms with Crippen molar-refractivity contribution in [2.24, 2.45) is 0 Å². The van der Waals surface area contributed by atoms with Crippen LogP contribution in [0.3, 0.4) is 0 Å². The number of benzene rings is 1. The van der Waals surface area contributed by atoms with Gasteiger partial charge in [0, 0.05) is 0 Å². The highest BCUT2D eigenvalue weighted by Crippen LogP contribution is 2.24. The van der Waals surface area contributed by atoms with Crippen LogP contribution in [-0.2, 0) is 0 Å². The molecule has 0 atom stereocenters. The van der Waals surface area contributed by atoms with E-state index in [-0.39, 0.29) is 11.9 Å². The van der Waals surface area contributed by atoms with Crippen molar-refractivity contribution in [2.75, 3.05) is 13.1 Å². The van der Waals surface area contributed by atoms with Crippen LogP contribution in [0, 0.1) is 12.7 Å². The smallest absolute Gasteiger partial charge is 0.165 e. The van der Waals surface area contributed by atoms with Gasteiger partial charge in [0.2, 0.25) is 0 Å². The predicted molar refractivity (Wildman–Crippen MR) is 57.7 cm³/mol. The molecule has 2 rings (SSSR count). The highest BCUT2D eigenvalue weighted by atomic mass is 19.1. The molecule has 3 heteroatoms. The van der Waals surface area contributed by atoms with Gasteiger partial charge in [-0.3, -0.25) is 0 Å². The lowest BCUT2D eigenvalue weighted by atomic mass is 10.1. The molecular weight excluding hydrogens is 193 g/mol. The molecule has 1 aliphatic heterocycles. The Kier molecular flexibility index (Phi) is 3.21. The summed E-state index contributed by atoms with van der Waals surface area (Å²) in [5.41, 5.74) is 0.869. The largest absolute Gasteiger partial charge is 0.487 e. The fourth-order valence-electron chi connectivity index (χ4n) is 1.85. The van der Waals surface area contributed by atoms with E-state index in [4.69, 9.17) is 4.74 Å². The van der Waals surface area contributed by atoms with Gasteiger partial charge in [-0.2, -0.15) is 0 Å². The summed E-state index contributed by atoms with van der Waals surface area (Å²) >= 11 is 0. The molecule has 0 radical (unpaired) electrons. The van der Waals surface area contributed by atoms with E-state index < -0.39 is 0 Å². The SMILES string of the molecule is Cc1cccc(F)c1OC1CCNCC1. The lowest BCUT2D eigenvalue weighted by Crippen LogP contribution is -2.34. The van der Waals surface area contributed by atoms with Gasteiger partial charge in [0.05, 0.1) is 0 Å². The summed E-state index contributed by atoms with van der Waals surface area (Å²) in [5, 5.41) is 3.26. The second kappa shape index (κ2) is 4.62. The van der Waals surface area contributed by atoms with E-state index in [2.05, 4.69) is 5.32 Å². The third-order valence-corrected chi connectivity index (χ3v) is 2.73. The van der Waals surface area contributed by atoms with E-state index >= 15 is 0 Å². The number of aryl methyl sites for hydroxylation is 1. The van der Waals surface area contributed by atoms with Crippen LogP contribution in [0.1, 0.15) is 18.4 Å². The Morgan fingerprint density at radius 1 is 1.33 bits per heavy atom. The Labute approximate surface area is 89.4 Å². The maximum atomic E-state index is 13.5. The number of para-hydroxylation sites is 1. The minimum Gasteiger partial charge on any atom is -0.487 e. The van der Waals surface area contributed by atoms with E-state index in [1.54, 1.807) is 6.07 Å². The zero-order valence-corrected chi connectivity index (χ0v) is 8.92. The average molecular weight is 209 g/mol. The third-order valence-electron chi connectivity index (χ3n) is 2.73. The van der Waals surface area contributed by atoms with Crippen LogP contribution < -0.4 is 10.1 Å². The molecule has 0 bridgehead atoms. The highest BCUT2D eigenvalue weighted by Gasteiger charge is 2.17. The Morgan fingerprint density at radius 2 is 2.07 bits per heavy atom. The summed E-state index contributed by atoms with van der Waals surface area (Å²) in [4.78, 5) is 0. The minimum absolute atomic E-state index is 0.154. The van der Waals surface area contributed by atoms with Crippen molar-refractivity contribution < 1.29 is 9.13 Å². The number of ether oxygens (including phenoxy) is 1. The molecule has 1 aromatic carbocycles. The molecule has 15 heavy (non-hydrogen) atoms. The molecule has 1 saturated heterocycles. The second-order valence-electron chi connectivity index (χ2n) is 3.95. The van der Waals surface area contributed by atoms with Crippen molar-refractivity contribution >= 4 is 0 Å². The molecule has 1 heterocycles. The van der Waals surface area contributed by atoms with E-state index in [9.17, 15) is 4.39 Å². The highest BCUT2D eigenvalue weighted by molar-refractivity contribution is 5.33. The fourth-order valence-corrected chi connectivity index (χ4v) is 1.85. The maximum Gasteiger partial charge on any atom is 0.165 e. The van der Waals surface area contributed by atoms with Crippen LogP contribution in [0.4, 0.5) is 4.39 Å². The van der Waals surface area contributed by atoms with Crippen molar-refractivity contribution in [2.45, 2.75) is 25.9 Å². The van der Waals surface area contributed by atoms with Crippen molar-refractivity contribution in [3.63, 3.8) is 0 Å². The molecule has 0 unspecified atom stereocenters. The Balaban J connectivity index is 2.09. The normalized spacial score (nSPS) is 17.7. The molecule has 1 fully saturated rings. The summed E-state index contributed by atoms with van der Waals surface area (Å²) in [5.74, 6) is 0.165. The molecule has 2 nitrogen and oxygen atoms in total. The van der Waals surface area contributed by atoms with Crippen LogP contribution in [0.25, 0.3) is 0 Å². The molecular formula is C12H16FNO. The molecule has 0 aliphatic carbocycles. The first kappa shape index (κ1) is 10.4. The number of hydrogen-bond donors (Lipinski definition) is 1. The predicted octanol–water partition coefficient (Wildman–Crippen LogP) is 2.26. The molecule has 0 amide bonds. The first-order chi connectivity index (χ1) is 7.27. The average Bonchev–Trinajstić information content (AvgIpc) is 2.25. The van der Waals surface area contributed by atoms with Gasteiger partial charge in [0.25, 0.3) is 0 Å². The molecule has 82 valence electrons. The lowest BCUT2D eigenvalue weighted by molar-refractivity contribution is 0.155. The Morgan fingerprint density at radius 3 is 2.73 bits per heavy atom. The topological polar surface area (TPSA) is 21.3 Å². The van der Waals surface area contributed by atoms with Crippen LogP contribution in [0.15, 0.2) is 18.2 Å². The van der Waals surface area contributed by atoms with Crippen molar-refractivity contribution in [3.8, 4) is 5.75 Å². The molecule has 0 spiro atoms. The fraction of sp³-hybridized carbons (Fsp3) is 0.500. The first-order valence-electron chi connectivity index (χ1n) is 5.40. The monoisotopic (exact) mass is 209 g/mol. The van der Waals surface area contributed by atoms with E-state index in [0.29, 0.717) is 5.75 Å². The van der Waals surface area contributed by atoms with Crippen LogP contribution in [0.2, 0.25) is 0 Å². The van der Waals surface area contributed by atoms with Crippen LogP contribution in [-0.4, -0.2) is 19.2 Å². The molecule has 1 aliphatic rings. The van der Waals surface area contributed by atoms with Gasteiger partial charge in [-0.15, -0.1) is 0 Å². The van der Waals surface area contributed by atoms with Crippen LogP contribution >= 0.6 is 0 Å². The number of rotatable bonds is 2. The van der Waals surface area contributed by atoms with Gasteiger partial charge >= 0.3 is 0 Å². The molecule has 0 saturated carbocycles. The van der Waals surface area contributed by atoms with Crippen molar-refractivity contribution in [3.05, 3.63) is 29.6 Å². The van der Waals surface area contributed by atoms with Gasteiger partial charge in [0.1, 0.15) is 6.10 Å². The molecule has 1 aromatic rings. The number of halogens is 1. The standard InChI is InChI=1S/C12H16FNO/c1-9-3-2-4-11(13)12(9)15-10-5-7-14-8-6-10/h2-4,10,14H,5-8H2,1H3. The van der Waals surface area contributed by atoms with E-state index in [1.165, 1.54) is 6.07 Å². The van der Waals surface area contributed by atoms with Gasteiger partial charge in [-0.25, -0.2) is 4.39 Å². The van der Waals surface area contributed by atoms with Gasteiger partial charge in [0.15, 0.2) is 11.6 Å².